The van der Waals surface area contributed by atoms with Crippen molar-refractivity contribution in [2.75, 3.05) is 0 Å². The van der Waals surface area contributed by atoms with Crippen LogP contribution in [0.25, 0.3) is 10.9 Å². The van der Waals surface area contributed by atoms with E-state index in [1.54, 1.807) is 26.0 Å². The van der Waals surface area contributed by atoms with Gasteiger partial charge in [0, 0.05) is 23.9 Å². The van der Waals surface area contributed by atoms with E-state index >= 15 is 0 Å². The number of nitrogens with zero attached hydrogens (tertiary/aromatic N) is 1. The summed E-state index contributed by atoms with van der Waals surface area (Å²) in [4.78, 5) is 47.9. The predicted molar refractivity (Wildman–Crippen MR) is 113 cm³/mol. The minimum atomic E-state index is -1.40. The molecule has 160 valence electrons. The van der Waals surface area contributed by atoms with Gasteiger partial charge in [-0.2, -0.15) is 0 Å². The molecule has 2 aromatic rings. The van der Waals surface area contributed by atoms with Crippen molar-refractivity contribution in [2.45, 2.75) is 45.3 Å². The number of aliphatic carboxylic acids is 1. The van der Waals surface area contributed by atoms with E-state index in [4.69, 9.17) is 10.8 Å². The molecule has 1 aromatic heterocycles. The van der Waals surface area contributed by atoms with Gasteiger partial charge in [0.1, 0.15) is 12.3 Å². The van der Waals surface area contributed by atoms with Crippen LogP contribution in [0.1, 0.15) is 37.2 Å². The van der Waals surface area contributed by atoms with Crippen molar-refractivity contribution in [1.29, 1.82) is 0 Å². The Kier molecular flexibility index (Phi) is 7.28. The summed E-state index contributed by atoms with van der Waals surface area (Å²) in [5, 5.41) is 12.3. The number of nitrogens with one attached hydrogen (secondary N) is 1. The van der Waals surface area contributed by atoms with Gasteiger partial charge in [-0.3, -0.25) is 9.59 Å². The van der Waals surface area contributed by atoms with Crippen molar-refractivity contribution < 1.29 is 24.3 Å². The average Bonchev–Trinajstić information content (AvgIpc) is 3.08. The van der Waals surface area contributed by atoms with Gasteiger partial charge in [-0.15, -0.1) is 6.58 Å². The molecule has 2 rings (SSSR count). The lowest BCUT2D eigenvalue weighted by molar-refractivity contribution is -0.143. The molecule has 0 aliphatic rings. The van der Waals surface area contributed by atoms with Gasteiger partial charge in [0.05, 0.1) is 17.2 Å². The van der Waals surface area contributed by atoms with Crippen LogP contribution < -0.4 is 11.1 Å². The maximum atomic E-state index is 13.4. The number of carbonyl (C=O) groups is 4. The number of carbonyl (C=O) groups excluding carboxylic acids is 3. The molecule has 8 nitrogen and oxygen atoms in total. The molecule has 1 amide bonds. The number of para-hydroxylation sites is 1. The first-order valence-electron chi connectivity index (χ1n) is 9.61. The topological polar surface area (TPSA) is 131 Å². The zero-order chi connectivity index (χ0) is 22.5. The Balaban J connectivity index is 2.36. The first kappa shape index (κ1) is 23.0. The van der Waals surface area contributed by atoms with Gasteiger partial charge in [-0.1, -0.05) is 38.1 Å². The smallest absolute Gasteiger partial charge is 0.326 e. The summed E-state index contributed by atoms with van der Waals surface area (Å²) < 4.78 is 1.87. The minimum Gasteiger partial charge on any atom is -0.480 e. The number of aryl methyl sites for hydroxylation is 1. The molecule has 1 aromatic carbocycles. The average molecular weight is 413 g/mol. The monoisotopic (exact) mass is 413 g/mol. The molecule has 0 fully saturated rings. The molecule has 0 aliphatic carbocycles. The lowest BCUT2D eigenvalue weighted by Crippen LogP contribution is -2.56. The van der Waals surface area contributed by atoms with E-state index in [-0.39, 0.29) is 5.78 Å². The summed E-state index contributed by atoms with van der Waals surface area (Å²) in [5.41, 5.74) is 6.05. The molecule has 0 spiro atoms. The van der Waals surface area contributed by atoms with Crippen molar-refractivity contribution >= 4 is 34.8 Å². The highest BCUT2D eigenvalue weighted by Gasteiger charge is 2.41. The van der Waals surface area contributed by atoms with Crippen LogP contribution in [0, 0.1) is 5.41 Å². The molecule has 2 unspecified atom stereocenters. The molecular weight excluding hydrogens is 386 g/mol. The number of carboxylic acid groups (broad SMARTS) is 1. The predicted octanol–water partition coefficient (Wildman–Crippen LogP) is 1.91. The normalized spacial score (nSPS) is 13.4. The molecule has 4 N–H and O–H groups in total. The van der Waals surface area contributed by atoms with Gasteiger partial charge in [0.2, 0.25) is 5.91 Å². The van der Waals surface area contributed by atoms with Crippen molar-refractivity contribution in [3.63, 3.8) is 0 Å². The van der Waals surface area contributed by atoms with Crippen LogP contribution in [-0.4, -0.2) is 45.7 Å². The van der Waals surface area contributed by atoms with Gasteiger partial charge in [-0.25, -0.2) is 4.79 Å². The van der Waals surface area contributed by atoms with Crippen LogP contribution in [0.2, 0.25) is 0 Å². The number of benzene rings is 1. The molecule has 2 atom stereocenters. The Hall–Kier alpha value is -3.26. The number of hydrogen-bond acceptors (Lipinski definition) is 5. The fourth-order valence-electron chi connectivity index (χ4n) is 3.24. The van der Waals surface area contributed by atoms with Gasteiger partial charge in [0.15, 0.2) is 5.78 Å². The van der Waals surface area contributed by atoms with Crippen molar-refractivity contribution in [3.05, 3.63) is 48.7 Å². The van der Waals surface area contributed by atoms with Crippen molar-refractivity contribution in [3.8, 4) is 0 Å². The fraction of sp³-hybridized carbons (Fsp3) is 0.364. The SMILES string of the molecule is C=CCCn1c(C(=O)C(C)(C)C(N)C(=O)NC(CC=O)C(=O)O)cc2ccccc21. The summed E-state index contributed by atoms with van der Waals surface area (Å²) in [6.45, 7) is 7.36. The van der Waals surface area contributed by atoms with Crippen LogP contribution in [-0.2, 0) is 20.9 Å². The summed E-state index contributed by atoms with van der Waals surface area (Å²) in [6, 6.07) is 6.61. The summed E-state index contributed by atoms with van der Waals surface area (Å²) in [7, 11) is 0. The number of rotatable bonds is 11. The lowest BCUT2D eigenvalue weighted by atomic mass is 9.78. The van der Waals surface area contributed by atoms with Crippen molar-refractivity contribution in [1.82, 2.24) is 9.88 Å². The molecule has 8 heteroatoms. The van der Waals surface area contributed by atoms with Gasteiger partial charge < -0.3 is 25.5 Å². The second-order valence-electron chi connectivity index (χ2n) is 7.65. The fourth-order valence-corrected chi connectivity index (χ4v) is 3.24. The second kappa shape index (κ2) is 9.49. The van der Waals surface area contributed by atoms with E-state index in [1.165, 1.54) is 0 Å². The molecular formula is C22H27N3O5. The molecule has 0 saturated carbocycles. The number of fused-ring (bicyclic) bond motifs is 1. The number of carboxylic acids is 1. The van der Waals surface area contributed by atoms with Gasteiger partial charge in [-0.05, 0) is 18.6 Å². The van der Waals surface area contributed by atoms with E-state index in [0.717, 1.165) is 10.9 Å². The van der Waals surface area contributed by atoms with E-state index in [2.05, 4.69) is 11.9 Å². The first-order valence-corrected chi connectivity index (χ1v) is 9.61. The Bertz CT molecular complexity index is 976. The number of nitrogens with two attached hydrogens (primary N) is 1. The molecule has 0 radical (unpaired) electrons. The largest absolute Gasteiger partial charge is 0.480 e. The van der Waals surface area contributed by atoms with Crippen molar-refractivity contribution in [2.24, 2.45) is 11.1 Å². The van der Waals surface area contributed by atoms with Gasteiger partial charge >= 0.3 is 5.97 Å². The highest BCUT2D eigenvalue weighted by molar-refractivity contribution is 6.06. The number of allylic oxidation sites excluding steroid dienone is 1. The van der Waals surface area contributed by atoms with Gasteiger partial charge in [0.25, 0.3) is 0 Å². The summed E-state index contributed by atoms with van der Waals surface area (Å²) >= 11 is 0. The standard InChI is InChI=1S/C22H27N3O5/c1-4-5-11-25-16-9-7-6-8-14(16)13-17(25)19(27)22(2,3)18(23)20(28)24-15(10-12-26)21(29)30/h4,6-9,12-13,15,18H,1,5,10-11,23H2,2-3H3,(H,24,28)(H,29,30). The Labute approximate surface area is 174 Å². The molecule has 0 saturated heterocycles. The van der Waals surface area contributed by atoms with E-state index < -0.39 is 35.8 Å². The number of aromatic nitrogens is 1. The second-order valence-corrected chi connectivity index (χ2v) is 7.65. The molecule has 30 heavy (non-hydrogen) atoms. The summed E-state index contributed by atoms with van der Waals surface area (Å²) in [5.74, 6) is -2.50. The lowest BCUT2D eigenvalue weighted by Gasteiger charge is -2.30. The third kappa shape index (κ3) is 4.65. The Morgan fingerprint density at radius 1 is 1.30 bits per heavy atom. The Morgan fingerprint density at radius 2 is 1.97 bits per heavy atom. The van der Waals surface area contributed by atoms with E-state index in [9.17, 15) is 19.2 Å². The van der Waals surface area contributed by atoms with Crippen LogP contribution in [0.5, 0.6) is 0 Å². The zero-order valence-corrected chi connectivity index (χ0v) is 17.1. The van der Waals surface area contributed by atoms with E-state index in [1.807, 2.05) is 28.8 Å². The molecule has 0 aliphatic heterocycles. The highest BCUT2D eigenvalue weighted by atomic mass is 16.4. The zero-order valence-electron chi connectivity index (χ0n) is 17.1. The van der Waals surface area contributed by atoms with E-state index in [0.29, 0.717) is 24.9 Å². The molecule has 1 heterocycles. The van der Waals surface area contributed by atoms with Crippen LogP contribution in [0.15, 0.2) is 43.0 Å². The Morgan fingerprint density at radius 3 is 2.57 bits per heavy atom. The van der Waals surface area contributed by atoms with Crippen LogP contribution in [0.4, 0.5) is 0 Å². The number of ketones is 1. The quantitative estimate of drug-likeness (QED) is 0.293. The van der Waals surface area contributed by atoms with Crippen LogP contribution >= 0.6 is 0 Å². The highest BCUT2D eigenvalue weighted by Crippen LogP contribution is 2.29. The number of Topliss-reactive ketones (excluding diaryl/α,β-unsaturated/α-hetero) is 1. The number of aldehydes is 1. The summed E-state index contributed by atoms with van der Waals surface area (Å²) in [6.07, 6.45) is 2.42. The number of amides is 1. The van der Waals surface area contributed by atoms with Crippen LogP contribution in [0.3, 0.4) is 0 Å². The maximum Gasteiger partial charge on any atom is 0.326 e. The third-order valence-corrected chi connectivity index (χ3v) is 5.19. The number of hydrogen-bond donors (Lipinski definition) is 3. The third-order valence-electron chi connectivity index (χ3n) is 5.19. The first-order chi connectivity index (χ1) is 14.1. The maximum absolute atomic E-state index is 13.4. The molecule has 0 bridgehead atoms. The minimum absolute atomic E-state index is 0.340.